The van der Waals surface area contributed by atoms with Crippen molar-refractivity contribution < 1.29 is 9.21 Å². The summed E-state index contributed by atoms with van der Waals surface area (Å²) in [4.78, 5) is 21.4. The molecule has 25 heavy (non-hydrogen) atoms. The minimum atomic E-state index is 0.118. The molecule has 0 saturated carbocycles. The second kappa shape index (κ2) is 6.51. The van der Waals surface area contributed by atoms with Crippen LogP contribution in [0, 0.1) is 6.92 Å². The molecule has 1 aliphatic rings. The number of Topliss-reactive ketones (excluding diaryl/α,β-unsaturated/α-hetero) is 1. The highest BCUT2D eigenvalue weighted by molar-refractivity contribution is 5.98. The van der Waals surface area contributed by atoms with Gasteiger partial charge in [-0.2, -0.15) is 0 Å². The lowest BCUT2D eigenvalue weighted by molar-refractivity contribution is 0.0962. The van der Waals surface area contributed by atoms with E-state index in [9.17, 15) is 4.79 Å². The average molecular weight is 333 g/mol. The highest BCUT2D eigenvalue weighted by Crippen LogP contribution is 2.33. The van der Waals surface area contributed by atoms with Crippen molar-refractivity contribution in [1.29, 1.82) is 0 Å². The number of anilines is 1. The van der Waals surface area contributed by atoms with Crippen LogP contribution in [0.2, 0.25) is 0 Å². The van der Waals surface area contributed by atoms with Crippen molar-refractivity contribution in [2.75, 3.05) is 5.32 Å². The van der Waals surface area contributed by atoms with Crippen LogP contribution in [0.25, 0.3) is 0 Å². The molecule has 5 nitrogen and oxygen atoms in total. The van der Waals surface area contributed by atoms with E-state index in [0.29, 0.717) is 24.5 Å². The SMILES string of the molecule is Cc1ccccc1[C@H]1CC(=O)c2cnc(NCc3ccco3)nc2C1. The summed E-state index contributed by atoms with van der Waals surface area (Å²) in [5.74, 6) is 1.63. The first-order valence-corrected chi connectivity index (χ1v) is 8.41. The molecule has 0 bridgehead atoms. The van der Waals surface area contributed by atoms with Gasteiger partial charge >= 0.3 is 0 Å². The lowest BCUT2D eigenvalue weighted by Gasteiger charge is -2.24. The van der Waals surface area contributed by atoms with Crippen LogP contribution in [0.1, 0.15) is 45.3 Å². The largest absolute Gasteiger partial charge is 0.467 e. The van der Waals surface area contributed by atoms with Gasteiger partial charge in [0.05, 0.1) is 24.1 Å². The van der Waals surface area contributed by atoms with Crippen LogP contribution in [0.5, 0.6) is 0 Å². The van der Waals surface area contributed by atoms with Gasteiger partial charge in [-0.15, -0.1) is 0 Å². The maximum atomic E-state index is 12.5. The number of aryl methyl sites for hydroxylation is 1. The Kier molecular flexibility index (Phi) is 4.06. The number of carbonyl (C=O) groups is 1. The van der Waals surface area contributed by atoms with Gasteiger partial charge in [-0.25, -0.2) is 9.97 Å². The Hall–Kier alpha value is -2.95. The summed E-state index contributed by atoms with van der Waals surface area (Å²) < 4.78 is 5.30. The fourth-order valence-electron chi connectivity index (χ4n) is 3.37. The predicted octanol–water partition coefficient (Wildman–Crippen LogP) is 3.90. The summed E-state index contributed by atoms with van der Waals surface area (Å²) in [6, 6.07) is 12.0. The molecule has 0 spiro atoms. The number of aromatic nitrogens is 2. The minimum absolute atomic E-state index is 0.118. The minimum Gasteiger partial charge on any atom is -0.467 e. The first-order valence-electron chi connectivity index (χ1n) is 8.41. The highest BCUT2D eigenvalue weighted by atomic mass is 16.3. The number of hydrogen-bond donors (Lipinski definition) is 1. The van der Waals surface area contributed by atoms with Gasteiger partial charge in [0.2, 0.25) is 5.95 Å². The van der Waals surface area contributed by atoms with E-state index in [0.717, 1.165) is 17.9 Å². The number of nitrogens with zero attached hydrogens (tertiary/aromatic N) is 2. The molecule has 0 saturated heterocycles. The number of nitrogens with one attached hydrogen (secondary N) is 1. The van der Waals surface area contributed by atoms with Crippen LogP contribution < -0.4 is 5.32 Å². The molecule has 1 aliphatic carbocycles. The molecule has 1 aromatic carbocycles. The zero-order chi connectivity index (χ0) is 17.2. The van der Waals surface area contributed by atoms with Gasteiger partial charge in [-0.3, -0.25) is 4.79 Å². The Bertz CT molecular complexity index is 903. The van der Waals surface area contributed by atoms with Crippen LogP contribution in [-0.2, 0) is 13.0 Å². The molecule has 2 aromatic heterocycles. The van der Waals surface area contributed by atoms with E-state index in [4.69, 9.17) is 4.42 Å². The van der Waals surface area contributed by atoms with Crippen molar-refractivity contribution in [2.45, 2.75) is 32.2 Å². The van der Waals surface area contributed by atoms with E-state index >= 15 is 0 Å². The normalized spacial score (nSPS) is 16.5. The van der Waals surface area contributed by atoms with Gasteiger partial charge in [0.25, 0.3) is 0 Å². The number of ketones is 1. The number of rotatable bonds is 4. The third-order valence-corrected chi connectivity index (χ3v) is 4.67. The van der Waals surface area contributed by atoms with Gasteiger partial charge in [0, 0.05) is 12.6 Å². The number of fused-ring (bicyclic) bond motifs is 1. The number of furan rings is 1. The third kappa shape index (κ3) is 3.18. The van der Waals surface area contributed by atoms with E-state index in [-0.39, 0.29) is 11.7 Å². The molecule has 2 heterocycles. The van der Waals surface area contributed by atoms with Crippen LogP contribution >= 0.6 is 0 Å². The summed E-state index contributed by atoms with van der Waals surface area (Å²) in [5, 5.41) is 3.15. The van der Waals surface area contributed by atoms with Gasteiger partial charge in [0.1, 0.15) is 5.76 Å². The molecule has 5 heteroatoms. The number of carbonyl (C=O) groups excluding carboxylic acids is 1. The van der Waals surface area contributed by atoms with Gasteiger partial charge in [0.15, 0.2) is 5.78 Å². The lowest BCUT2D eigenvalue weighted by Crippen LogP contribution is -2.21. The van der Waals surface area contributed by atoms with Crippen LogP contribution in [0.15, 0.2) is 53.3 Å². The molecular formula is C20H19N3O2. The van der Waals surface area contributed by atoms with E-state index in [1.807, 2.05) is 24.3 Å². The fourth-order valence-corrected chi connectivity index (χ4v) is 3.37. The van der Waals surface area contributed by atoms with Crippen LogP contribution in [0.3, 0.4) is 0 Å². The summed E-state index contributed by atoms with van der Waals surface area (Å²) in [6.45, 7) is 2.60. The first-order chi connectivity index (χ1) is 12.2. The fraction of sp³-hybridized carbons (Fsp3) is 0.250. The summed E-state index contributed by atoms with van der Waals surface area (Å²) >= 11 is 0. The van der Waals surface area contributed by atoms with Crippen molar-refractivity contribution in [3.63, 3.8) is 0 Å². The smallest absolute Gasteiger partial charge is 0.223 e. The zero-order valence-corrected chi connectivity index (χ0v) is 14.0. The molecule has 1 atom stereocenters. The van der Waals surface area contributed by atoms with E-state index < -0.39 is 0 Å². The Morgan fingerprint density at radius 2 is 2.08 bits per heavy atom. The third-order valence-electron chi connectivity index (χ3n) is 4.67. The molecule has 0 aliphatic heterocycles. The van der Waals surface area contributed by atoms with Crippen LogP contribution in [0.4, 0.5) is 5.95 Å². The monoisotopic (exact) mass is 333 g/mol. The van der Waals surface area contributed by atoms with Crippen molar-refractivity contribution in [1.82, 2.24) is 9.97 Å². The summed E-state index contributed by atoms with van der Waals surface area (Å²) in [7, 11) is 0. The molecule has 0 radical (unpaired) electrons. The second-order valence-corrected chi connectivity index (χ2v) is 6.37. The van der Waals surface area contributed by atoms with E-state index in [1.165, 1.54) is 11.1 Å². The molecule has 0 amide bonds. The predicted molar refractivity (Wildman–Crippen MR) is 94.6 cm³/mol. The van der Waals surface area contributed by atoms with E-state index in [2.05, 4.69) is 34.3 Å². The average Bonchev–Trinajstić information content (AvgIpc) is 3.13. The highest BCUT2D eigenvalue weighted by Gasteiger charge is 2.28. The Labute approximate surface area is 146 Å². The zero-order valence-electron chi connectivity index (χ0n) is 14.0. The summed E-state index contributed by atoms with van der Waals surface area (Å²) in [6.07, 6.45) is 4.55. The topological polar surface area (TPSA) is 68.0 Å². The number of hydrogen-bond acceptors (Lipinski definition) is 5. The molecule has 4 rings (SSSR count). The molecule has 0 fully saturated rings. The standard InChI is InChI=1S/C20H19N3O2/c1-13-5-2-3-7-16(13)14-9-18-17(19(24)10-14)12-22-20(23-18)21-11-15-6-4-8-25-15/h2-8,12,14H,9-11H2,1H3,(H,21,22,23)/t14-/m1/s1. The molecule has 3 aromatic rings. The van der Waals surface area contributed by atoms with Crippen molar-refractivity contribution in [2.24, 2.45) is 0 Å². The van der Waals surface area contributed by atoms with Crippen molar-refractivity contribution in [3.05, 3.63) is 77.0 Å². The number of benzene rings is 1. The quantitative estimate of drug-likeness (QED) is 0.784. The first kappa shape index (κ1) is 15.6. The second-order valence-electron chi connectivity index (χ2n) is 6.37. The van der Waals surface area contributed by atoms with Crippen LogP contribution in [-0.4, -0.2) is 15.8 Å². The maximum absolute atomic E-state index is 12.5. The van der Waals surface area contributed by atoms with Gasteiger partial charge in [-0.1, -0.05) is 24.3 Å². The molecule has 0 unspecified atom stereocenters. The molecule has 1 N–H and O–H groups in total. The lowest BCUT2D eigenvalue weighted by atomic mass is 9.81. The maximum Gasteiger partial charge on any atom is 0.223 e. The molecular weight excluding hydrogens is 314 g/mol. The Morgan fingerprint density at radius 1 is 1.20 bits per heavy atom. The van der Waals surface area contributed by atoms with Gasteiger partial charge < -0.3 is 9.73 Å². The van der Waals surface area contributed by atoms with Crippen molar-refractivity contribution >= 4 is 11.7 Å². The summed E-state index contributed by atoms with van der Waals surface area (Å²) in [5.41, 5.74) is 3.91. The Morgan fingerprint density at radius 3 is 2.88 bits per heavy atom. The van der Waals surface area contributed by atoms with Crippen molar-refractivity contribution in [3.8, 4) is 0 Å². The Balaban J connectivity index is 1.57. The van der Waals surface area contributed by atoms with E-state index in [1.54, 1.807) is 12.5 Å². The molecule has 126 valence electrons. The van der Waals surface area contributed by atoms with Gasteiger partial charge in [-0.05, 0) is 42.5 Å².